The molecule has 0 spiro atoms. The standard InChI is InChI=1S/C21H26N2O3S/c1-16-10-12-20(13-11-16)27(25,26)23-14-6-9-19(15-23)21(24)22-17(2)18-7-4-3-5-8-18/h3-5,7-8,10-13,17,19H,6,9,14-15H2,1-2H3,(H,22,24). The molecule has 2 aromatic carbocycles. The van der Waals surface area contributed by atoms with Gasteiger partial charge >= 0.3 is 0 Å². The lowest BCUT2D eigenvalue weighted by Crippen LogP contribution is -2.45. The molecule has 3 rings (SSSR count). The maximum absolute atomic E-state index is 12.9. The lowest BCUT2D eigenvalue weighted by molar-refractivity contribution is -0.126. The molecule has 0 bridgehead atoms. The van der Waals surface area contributed by atoms with E-state index in [9.17, 15) is 13.2 Å². The highest BCUT2D eigenvalue weighted by molar-refractivity contribution is 7.89. The average Bonchev–Trinajstić information content (AvgIpc) is 2.69. The van der Waals surface area contributed by atoms with Crippen LogP contribution in [0.1, 0.15) is 36.9 Å². The maximum atomic E-state index is 12.9. The first-order chi connectivity index (χ1) is 12.9. The molecule has 1 heterocycles. The van der Waals surface area contributed by atoms with Crippen molar-refractivity contribution in [2.24, 2.45) is 5.92 Å². The summed E-state index contributed by atoms with van der Waals surface area (Å²) >= 11 is 0. The first-order valence-electron chi connectivity index (χ1n) is 9.30. The Kier molecular flexibility index (Phi) is 5.97. The van der Waals surface area contributed by atoms with Crippen LogP contribution < -0.4 is 5.32 Å². The molecule has 1 amide bonds. The van der Waals surface area contributed by atoms with Crippen LogP contribution in [-0.4, -0.2) is 31.7 Å². The Hall–Kier alpha value is -2.18. The summed E-state index contributed by atoms with van der Waals surface area (Å²) in [6.07, 6.45) is 1.39. The highest BCUT2D eigenvalue weighted by atomic mass is 32.2. The Morgan fingerprint density at radius 2 is 1.78 bits per heavy atom. The van der Waals surface area contributed by atoms with E-state index in [-0.39, 0.29) is 29.3 Å². The molecule has 6 heteroatoms. The summed E-state index contributed by atoms with van der Waals surface area (Å²) in [5.74, 6) is -0.416. The minimum atomic E-state index is -3.57. The molecule has 27 heavy (non-hydrogen) atoms. The second kappa shape index (κ2) is 8.23. The van der Waals surface area contributed by atoms with Crippen molar-refractivity contribution < 1.29 is 13.2 Å². The SMILES string of the molecule is Cc1ccc(S(=O)(=O)N2CCCC(C(=O)NC(C)c3ccccc3)C2)cc1. The highest BCUT2D eigenvalue weighted by Crippen LogP contribution is 2.25. The molecule has 1 saturated heterocycles. The fourth-order valence-electron chi connectivity index (χ4n) is 3.39. The fourth-order valence-corrected chi connectivity index (χ4v) is 4.91. The maximum Gasteiger partial charge on any atom is 0.243 e. The number of carbonyl (C=O) groups is 1. The van der Waals surface area contributed by atoms with E-state index in [1.807, 2.05) is 44.2 Å². The molecule has 2 aromatic rings. The van der Waals surface area contributed by atoms with Crippen molar-refractivity contribution in [1.29, 1.82) is 0 Å². The lowest BCUT2D eigenvalue weighted by Gasteiger charge is -2.32. The second-order valence-electron chi connectivity index (χ2n) is 7.16. The molecule has 0 saturated carbocycles. The number of hydrogen-bond donors (Lipinski definition) is 1. The highest BCUT2D eigenvalue weighted by Gasteiger charge is 2.33. The van der Waals surface area contributed by atoms with Crippen molar-refractivity contribution in [2.45, 2.75) is 37.6 Å². The van der Waals surface area contributed by atoms with Gasteiger partial charge in [0.05, 0.1) is 16.9 Å². The summed E-state index contributed by atoms with van der Waals surface area (Å²) < 4.78 is 27.3. The Balaban J connectivity index is 1.68. The Labute approximate surface area is 161 Å². The summed E-state index contributed by atoms with van der Waals surface area (Å²) in [5.41, 5.74) is 2.05. The number of aryl methyl sites for hydroxylation is 1. The number of carbonyl (C=O) groups excluding carboxylic acids is 1. The van der Waals surface area contributed by atoms with Crippen LogP contribution in [0.5, 0.6) is 0 Å². The number of amides is 1. The summed E-state index contributed by atoms with van der Waals surface area (Å²) in [4.78, 5) is 13.0. The minimum Gasteiger partial charge on any atom is -0.349 e. The zero-order chi connectivity index (χ0) is 19.4. The van der Waals surface area contributed by atoms with Crippen LogP contribution in [0.15, 0.2) is 59.5 Å². The van der Waals surface area contributed by atoms with Crippen LogP contribution in [0, 0.1) is 12.8 Å². The first-order valence-corrected chi connectivity index (χ1v) is 10.7. The molecular weight excluding hydrogens is 360 g/mol. The van der Waals surface area contributed by atoms with E-state index >= 15 is 0 Å². The smallest absolute Gasteiger partial charge is 0.243 e. The van der Waals surface area contributed by atoms with Crippen LogP contribution >= 0.6 is 0 Å². The molecule has 1 N–H and O–H groups in total. The minimum absolute atomic E-state index is 0.0878. The normalized spacial score (nSPS) is 19.4. The molecule has 1 aliphatic heterocycles. The molecule has 0 aliphatic carbocycles. The predicted octanol–water partition coefficient (Wildman–Crippen LogP) is 3.27. The van der Waals surface area contributed by atoms with E-state index in [1.165, 1.54) is 4.31 Å². The second-order valence-corrected chi connectivity index (χ2v) is 9.09. The van der Waals surface area contributed by atoms with Crippen LogP contribution in [0.25, 0.3) is 0 Å². The van der Waals surface area contributed by atoms with Gasteiger partial charge in [0.25, 0.3) is 0 Å². The van der Waals surface area contributed by atoms with E-state index in [0.29, 0.717) is 19.4 Å². The van der Waals surface area contributed by atoms with Gasteiger partial charge in [-0.1, -0.05) is 48.0 Å². The van der Waals surface area contributed by atoms with Crippen molar-refractivity contribution in [3.8, 4) is 0 Å². The molecule has 0 radical (unpaired) electrons. The molecule has 0 aromatic heterocycles. The lowest BCUT2D eigenvalue weighted by atomic mass is 9.98. The van der Waals surface area contributed by atoms with E-state index in [4.69, 9.17) is 0 Å². The van der Waals surface area contributed by atoms with Gasteiger partial charge in [0, 0.05) is 13.1 Å². The van der Waals surface area contributed by atoms with Crippen molar-refractivity contribution >= 4 is 15.9 Å². The topological polar surface area (TPSA) is 66.5 Å². The average molecular weight is 387 g/mol. The largest absolute Gasteiger partial charge is 0.349 e. The van der Waals surface area contributed by atoms with E-state index in [1.54, 1.807) is 24.3 Å². The zero-order valence-electron chi connectivity index (χ0n) is 15.8. The van der Waals surface area contributed by atoms with Crippen LogP contribution in [0.4, 0.5) is 0 Å². The summed E-state index contributed by atoms with van der Waals surface area (Å²) in [5, 5.41) is 3.02. The molecule has 1 fully saturated rings. The number of rotatable bonds is 5. The monoisotopic (exact) mass is 386 g/mol. The zero-order valence-corrected chi connectivity index (χ0v) is 16.6. The fraction of sp³-hybridized carbons (Fsp3) is 0.381. The van der Waals surface area contributed by atoms with Crippen molar-refractivity contribution in [2.75, 3.05) is 13.1 Å². The Morgan fingerprint density at radius 1 is 1.11 bits per heavy atom. The van der Waals surface area contributed by atoms with E-state index in [2.05, 4.69) is 5.32 Å². The van der Waals surface area contributed by atoms with Gasteiger partial charge in [0.2, 0.25) is 15.9 Å². The summed E-state index contributed by atoms with van der Waals surface area (Å²) in [6, 6.07) is 16.5. The number of benzene rings is 2. The predicted molar refractivity (Wildman–Crippen MR) is 106 cm³/mol. The molecule has 1 aliphatic rings. The van der Waals surface area contributed by atoms with Gasteiger partial charge in [-0.3, -0.25) is 4.79 Å². The Bertz CT molecular complexity index is 879. The number of piperidine rings is 1. The van der Waals surface area contributed by atoms with Crippen molar-refractivity contribution in [1.82, 2.24) is 9.62 Å². The third kappa shape index (κ3) is 4.57. The number of sulfonamides is 1. The first kappa shape index (κ1) is 19.6. The van der Waals surface area contributed by atoms with Gasteiger partial charge in [-0.05, 0) is 44.4 Å². The molecular formula is C21H26N2O3S. The third-order valence-corrected chi connectivity index (χ3v) is 6.95. The number of hydrogen-bond acceptors (Lipinski definition) is 3. The van der Waals surface area contributed by atoms with E-state index < -0.39 is 10.0 Å². The number of nitrogens with zero attached hydrogens (tertiary/aromatic N) is 1. The van der Waals surface area contributed by atoms with E-state index in [0.717, 1.165) is 11.1 Å². The molecule has 2 atom stereocenters. The van der Waals surface area contributed by atoms with Crippen LogP contribution in [-0.2, 0) is 14.8 Å². The molecule has 2 unspecified atom stereocenters. The quantitative estimate of drug-likeness (QED) is 0.858. The summed E-state index contributed by atoms with van der Waals surface area (Å²) in [7, 11) is -3.57. The van der Waals surface area contributed by atoms with Gasteiger partial charge < -0.3 is 5.32 Å². The van der Waals surface area contributed by atoms with Crippen molar-refractivity contribution in [3.63, 3.8) is 0 Å². The van der Waals surface area contributed by atoms with Gasteiger partial charge in [-0.15, -0.1) is 0 Å². The third-order valence-electron chi connectivity index (χ3n) is 5.07. The van der Waals surface area contributed by atoms with Crippen LogP contribution in [0.2, 0.25) is 0 Å². The molecule has 5 nitrogen and oxygen atoms in total. The van der Waals surface area contributed by atoms with Crippen molar-refractivity contribution in [3.05, 3.63) is 65.7 Å². The van der Waals surface area contributed by atoms with Crippen LogP contribution in [0.3, 0.4) is 0 Å². The molecule has 144 valence electrons. The van der Waals surface area contributed by atoms with Gasteiger partial charge in [-0.25, -0.2) is 8.42 Å². The Morgan fingerprint density at radius 3 is 2.44 bits per heavy atom. The summed E-state index contributed by atoms with van der Waals surface area (Å²) in [6.45, 7) is 4.54. The van der Waals surface area contributed by atoms with Gasteiger partial charge in [0.1, 0.15) is 0 Å². The van der Waals surface area contributed by atoms with Gasteiger partial charge in [0.15, 0.2) is 0 Å². The number of nitrogens with one attached hydrogen (secondary N) is 1. The van der Waals surface area contributed by atoms with Gasteiger partial charge in [-0.2, -0.15) is 4.31 Å².